The molecule has 7 heteroatoms. The standard InChI is InChI=1S/C23H32N4O3/c1-3-24-22(26-17-23(2,29)20-8-7-15-30-20)25-16-18-9-11-19(12-10-18)21(28)27-13-5-4-6-14-27/h7-12,15,29H,3-6,13-14,16-17H2,1-2H3,(H2,24,25,26). The van der Waals surface area contributed by atoms with Crippen LogP contribution in [0.1, 0.15) is 54.8 Å². The van der Waals surface area contributed by atoms with Gasteiger partial charge in [0.15, 0.2) is 5.96 Å². The minimum Gasteiger partial charge on any atom is -0.466 e. The molecule has 1 aliphatic rings. The van der Waals surface area contributed by atoms with Crippen LogP contribution in [0.2, 0.25) is 0 Å². The molecule has 30 heavy (non-hydrogen) atoms. The number of nitrogens with one attached hydrogen (secondary N) is 2. The number of nitrogens with zero attached hydrogens (tertiary/aromatic N) is 2. The van der Waals surface area contributed by atoms with Gasteiger partial charge in [-0.05, 0) is 62.9 Å². The van der Waals surface area contributed by atoms with Crippen molar-refractivity contribution in [3.05, 3.63) is 59.5 Å². The Labute approximate surface area is 178 Å². The number of likely N-dealkylation sites (tertiary alicyclic amines) is 1. The van der Waals surface area contributed by atoms with E-state index in [1.54, 1.807) is 25.3 Å². The maximum absolute atomic E-state index is 12.6. The van der Waals surface area contributed by atoms with E-state index in [-0.39, 0.29) is 12.5 Å². The lowest BCUT2D eigenvalue weighted by molar-refractivity contribution is 0.0386. The summed E-state index contributed by atoms with van der Waals surface area (Å²) in [5.41, 5.74) is 0.597. The van der Waals surface area contributed by atoms with E-state index in [1.807, 2.05) is 36.1 Å². The fourth-order valence-corrected chi connectivity index (χ4v) is 3.47. The van der Waals surface area contributed by atoms with Gasteiger partial charge in [0.25, 0.3) is 5.91 Å². The van der Waals surface area contributed by atoms with Gasteiger partial charge in [-0.3, -0.25) is 4.79 Å². The Morgan fingerprint density at radius 1 is 1.17 bits per heavy atom. The van der Waals surface area contributed by atoms with Crippen LogP contribution in [0, 0.1) is 0 Å². The predicted octanol–water partition coefficient (Wildman–Crippen LogP) is 2.87. The highest BCUT2D eigenvalue weighted by Crippen LogP contribution is 2.19. The molecule has 3 N–H and O–H groups in total. The van der Waals surface area contributed by atoms with Crippen molar-refractivity contribution < 1.29 is 14.3 Å². The number of aliphatic imine (C=N–C) groups is 1. The number of amides is 1. The minimum absolute atomic E-state index is 0.111. The summed E-state index contributed by atoms with van der Waals surface area (Å²) in [6.45, 7) is 6.82. The second kappa shape index (κ2) is 10.3. The number of furan rings is 1. The molecule has 2 heterocycles. The zero-order valence-electron chi connectivity index (χ0n) is 17.9. The van der Waals surface area contributed by atoms with E-state index in [0.29, 0.717) is 24.8 Å². The SMILES string of the molecule is CCNC(=NCc1ccc(C(=O)N2CCCCC2)cc1)NCC(C)(O)c1ccco1. The molecule has 0 radical (unpaired) electrons. The van der Waals surface area contributed by atoms with Crippen molar-refractivity contribution in [3.8, 4) is 0 Å². The van der Waals surface area contributed by atoms with Gasteiger partial charge in [-0.2, -0.15) is 0 Å². The number of hydrogen-bond acceptors (Lipinski definition) is 4. The molecular weight excluding hydrogens is 380 g/mol. The molecule has 2 aromatic rings. The van der Waals surface area contributed by atoms with Crippen molar-refractivity contribution >= 4 is 11.9 Å². The van der Waals surface area contributed by atoms with Crippen LogP contribution in [0.5, 0.6) is 0 Å². The summed E-state index contributed by atoms with van der Waals surface area (Å²) in [4.78, 5) is 19.1. The molecule has 0 spiro atoms. The van der Waals surface area contributed by atoms with Gasteiger partial charge in [-0.25, -0.2) is 4.99 Å². The quantitative estimate of drug-likeness (QED) is 0.481. The molecule has 0 saturated carbocycles. The van der Waals surface area contributed by atoms with Gasteiger partial charge in [0.2, 0.25) is 0 Å². The average Bonchev–Trinajstić information content (AvgIpc) is 3.32. The first-order chi connectivity index (χ1) is 14.5. The molecule has 1 aromatic carbocycles. The van der Waals surface area contributed by atoms with Crippen LogP contribution in [-0.4, -0.2) is 48.1 Å². The van der Waals surface area contributed by atoms with Gasteiger partial charge in [0, 0.05) is 25.2 Å². The molecule has 1 saturated heterocycles. The van der Waals surface area contributed by atoms with Crippen LogP contribution in [-0.2, 0) is 12.1 Å². The van der Waals surface area contributed by atoms with E-state index in [0.717, 1.165) is 37.1 Å². The molecular formula is C23H32N4O3. The predicted molar refractivity (Wildman–Crippen MR) is 117 cm³/mol. The van der Waals surface area contributed by atoms with Crippen molar-refractivity contribution in [2.75, 3.05) is 26.2 Å². The zero-order valence-corrected chi connectivity index (χ0v) is 17.9. The minimum atomic E-state index is -1.14. The average molecular weight is 413 g/mol. The number of benzene rings is 1. The molecule has 3 rings (SSSR count). The monoisotopic (exact) mass is 412 g/mol. The van der Waals surface area contributed by atoms with Crippen molar-refractivity contribution in [2.45, 2.75) is 45.3 Å². The molecule has 1 unspecified atom stereocenters. The van der Waals surface area contributed by atoms with E-state index >= 15 is 0 Å². The van der Waals surface area contributed by atoms with Crippen molar-refractivity contribution in [2.24, 2.45) is 4.99 Å². The summed E-state index contributed by atoms with van der Waals surface area (Å²) in [7, 11) is 0. The number of rotatable bonds is 7. The molecule has 1 amide bonds. The fraction of sp³-hybridized carbons (Fsp3) is 0.478. The number of carbonyl (C=O) groups excluding carboxylic acids is 1. The van der Waals surface area contributed by atoms with Gasteiger partial charge in [0.1, 0.15) is 11.4 Å². The van der Waals surface area contributed by atoms with Crippen molar-refractivity contribution in [1.29, 1.82) is 0 Å². The van der Waals surface area contributed by atoms with Gasteiger partial charge in [0.05, 0.1) is 19.4 Å². The third-order valence-electron chi connectivity index (χ3n) is 5.26. The Balaban J connectivity index is 1.58. The van der Waals surface area contributed by atoms with Crippen LogP contribution in [0.25, 0.3) is 0 Å². The smallest absolute Gasteiger partial charge is 0.253 e. The molecule has 1 aliphatic heterocycles. The number of carbonyl (C=O) groups is 1. The van der Waals surface area contributed by atoms with Crippen LogP contribution >= 0.6 is 0 Å². The van der Waals surface area contributed by atoms with E-state index in [2.05, 4.69) is 15.6 Å². The van der Waals surface area contributed by atoms with Gasteiger partial charge < -0.3 is 25.1 Å². The molecule has 162 valence electrons. The number of piperidine rings is 1. The topological polar surface area (TPSA) is 90.1 Å². The number of guanidine groups is 1. The Bertz CT molecular complexity index is 823. The van der Waals surface area contributed by atoms with Crippen molar-refractivity contribution in [3.63, 3.8) is 0 Å². The Morgan fingerprint density at radius 3 is 2.53 bits per heavy atom. The third-order valence-corrected chi connectivity index (χ3v) is 5.26. The molecule has 0 bridgehead atoms. The van der Waals surface area contributed by atoms with E-state index < -0.39 is 5.60 Å². The van der Waals surface area contributed by atoms with E-state index in [9.17, 15) is 9.90 Å². The van der Waals surface area contributed by atoms with Crippen LogP contribution in [0.15, 0.2) is 52.1 Å². The van der Waals surface area contributed by atoms with E-state index in [1.165, 1.54) is 6.42 Å². The lowest BCUT2D eigenvalue weighted by atomic mass is 10.0. The number of aliphatic hydroxyl groups is 1. The first kappa shape index (κ1) is 21.9. The van der Waals surface area contributed by atoms with Crippen molar-refractivity contribution in [1.82, 2.24) is 15.5 Å². The van der Waals surface area contributed by atoms with Crippen LogP contribution < -0.4 is 10.6 Å². The molecule has 0 aliphatic carbocycles. The summed E-state index contributed by atoms with van der Waals surface area (Å²) in [6, 6.07) is 11.2. The summed E-state index contributed by atoms with van der Waals surface area (Å²) in [5, 5.41) is 16.9. The first-order valence-electron chi connectivity index (χ1n) is 10.7. The van der Waals surface area contributed by atoms with Crippen LogP contribution in [0.4, 0.5) is 0 Å². The summed E-state index contributed by atoms with van der Waals surface area (Å²) in [6.07, 6.45) is 4.93. The lowest BCUT2D eigenvalue weighted by Crippen LogP contribution is -2.44. The third kappa shape index (κ3) is 5.86. The van der Waals surface area contributed by atoms with E-state index in [4.69, 9.17) is 4.42 Å². The summed E-state index contributed by atoms with van der Waals surface area (Å²) >= 11 is 0. The number of hydrogen-bond donors (Lipinski definition) is 3. The highest BCUT2D eigenvalue weighted by atomic mass is 16.4. The summed E-state index contributed by atoms with van der Waals surface area (Å²) < 4.78 is 5.31. The normalized spacial score (nSPS) is 16.8. The Morgan fingerprint density at radius 2 is 1.90 bits per heavy atom. The molecule has 7 nitrogen and oxygen atoms in total. The molecule has 1 atom stereocenters. The van der Waals surface area contributed by atoms with Gasteiger partial charge in [-0.15, -0.1) is 0 Å². The second-order valence-electron chi connectivity index (χ2n) is 7.85. The largest absolute Gasteiger partial charge is 0.466 e. The van der Waals surface area contributed by atoms with Gasteiger partial charge >= 0.3 is 0 Å². The summed E-state index contributed by atoms with van der Waals surface area (Å²) in [5.74, 6) is 1.22. The molecule has 1 fully saturated rings. The van der Waals surface area contributed by atoms with Gasteiger partial charge in [-0.1, -0.05) is 12.1 Å². The fourth-order valence-electron chi connectivity index (χ4n) is 3.47. The lowest BCUT2D eigenvalue weighted by Gasteiger charge is -2.26. The second-order valence-corrected chi connectivity index (χ2v) is 7.85. The van der Waals surface area contributed by atoms with Crippen LogP contribution in [0.3, 0.4) is 0 Å². The Kier molecular flexibility index (Phi) is 7.52. The highest BCUT2D eigenvalue weighted by molar-refractivity contribution is 5.94. The first-order valence-corrected chi connectivity index (χ1v) is 10.7. The highest BCUT2D eigenvalue weighted by Gasteiger charge is 2.26. The maximum atomic E-state index is 12.6. The zero-order chi connectivity index (χ0) is 21.4. The maximum Gasteiger partial charge on any atom is 0.253 e. The molecule has 1 aromatic heterocycles. The Hall–Kier alpha value is -2.80.